The highest BCUT2D eigenvalue weighted by Crippen LogP contribution is 2.25. The predicted octanol–water partition coefficient (Wildman–Crippen LogP) is 1.50. The minimum Gasteiger partial charge on any atom is -0.351 e. The first-order valence-corrected chi connectivity index (χ1v) is 8.74. The first-order chi connectivity index (χ1) is 9.31. The summed E-state index contributed by atoms with van der Waals surface area (Å²) in [4.78, 5) is 16.4. The van der Waals surface area contributed by atoms with Gasteiger partial charge in [-0.05, 0) is 30.7 Å². The van der Waals surface area contributed by atoms with E-state index in [0.717, 1.165) is 55.5 Å². The molecule has 0 saturated carbocycles. The lowest BCUT2D eigenvalue weighted by Crippen LogP contribution is -2.44. The molecule has 0 atom stereocenters. The number of hydrogen-bond acceptors (Lipinski definition) is 5. The topological polar surface area (TPSA) is 44.4 Å². The highest BCUT2D eigenvalue weighted by molar-refractivity contribution is 7.98. The molecule has 1 saturated heterocycles. The zero-order valence-corrected chi connectivity index (χ0v) is 12.9. The van der Waals surface area contributed by atoms with Crippen LogP contribution < -0.4 is 10.6 Å². The third-order valence-corrected chi connectivity index (χ3v) is 5.02. The summed E-state index contributed by atoms with van der Waals surface area (Å²) in [7, 11) is 0. The highest BCUT2D eigenvalue weighted by atomic mass is 32.2. The van der Waals surface area contributed by atoms with Gasteiger partial charge in [0.1, 0.15) is 4.88 Å². The van der Waals surface area contributed by atoms with E-state index in [1.807, 2.05) is 17.7 Å². The van der Waals surface area contributed by atoms with Gasteiger partial charge in [-0.15, -0.1) is 23.1 Å². The van der Waals surface area contributed by atoms with Gasteiger partial charge in [0.15, 0.2) is 0 Å². The van der Waals surface area contributed by atoms with Crippen LogP contribution in [0.25, 0.3) is 0 Å². The Morgan fingerprint density at radius 3 is 3.05 bits per heavy atom. The minimum atomic E-state index is 0.0691. The number of nitrogens with one attached hydrogen (secondary N) is 2. The number of hydrogen-bond donors (Lipinski definition) is 2. The van der Waals surface area contributed by atoms with Gasteiger partial charge in [0.2, 0.25) is 0 Å². The molecule has 2 rings (SSSR count). The average molecular weight is 299 g/mol. The fourth-order valence-electron chi connectivity index (χ4n) is 2.14. The van der Waals surface area contributed by atoms with Gasteiger partial charge in [-0.2, -0.15) is 0 Å². The van der Waals surface area contributed by atoms with Crippen LogP contribution in [0.1, 0.15) is 16.1 Å². The van der Waals surface area contributed by atoms with Gasteiger partial charge in [-0.1, -0.05) is 0 Å². The molecule has 1 aliphatic heterocycles. The SMILES string of the molecule is CSc1ccsc1C(=O)NCCCN1CCNCC1. The quantitative estimate of drug-likeness (QED) is 0.617. The van der Waals surface area contributed by atoms with Crippen LogP contribution in [0.5, 0.6) is 0 Å². The van der Waals surface area contributed by atoms with Crippen LogP contribution in [-0.2, 0) is 0 Å². The van der Waals surface area contributed by atoms with Crippen LogP contribution in [0, 0.1) is 0 Å². The Kier molecular flexibility index (Phi) is 6.16. The average Bonchev–Trinajstić information content (AvgIpc) is 2.93. The van der Waals surface area contributed by atoms with Crippen LogP contribution in [0.2, 0.25) is 0 Å². The van der Waals surface area contributed by atoms with Crippen molar-refractivity contribution >= 4 is 29.0 Å². The zero-order valence-electron chi connectivity index (χ0n) is 11.3. The second-order valence-corrected chi connectivity index (χ2v) is 6.28. The molecule has 6 heteroatoms. The van der Waals surface area contributed by atoms with Gasteiger partial charge in [0, 0.05) is 37.6 Å². The second-order valence-electron chi connectivity index (χ2n) is 4.52. The van der Waals surface area contributed by atoms with Crippen LogP contribution in [0.3, 0.4) is 0 Å². The Hall–Kier alpha value is -0.560. The van der Waals surface area contributed by atoms with E-state index in [9.17, 15) is 4.79 Å². The first-order valence-electron chi connectivity index (χ1n) is 6.64. The lowest BCUT2D eigenvalue weighted by Gasteiger charge is -2.27. The Morgan fingerprint density at radius 2 is 2.32 bits per heavy atom. The summed E-state index contributed by atoms with van der Waals surface area (Å²) in [5.74, 6) is 0.0691. The molecule has 106 valence electrons. The number of nitrogens with zero attached hydrogens (tertiary/aromatic N) is 1. The minimum absolute atomic E-state index is 0.0691. The van der Waals surface area contributed by atoms with Crippen LogP contribution >= 0.6 is 23.1 Å². The predicted molar refractivity (Wildman–Crippen MR) is 82.4 cm³/mol. The summed E-state index contributed by atoms with van der Waals surface area (Å²) in [6, 6.07) is 2.00. The summed E-state index contributed by atoms with van der Waals surface area (Å²) in [6.45, 7) is 6.23. The smallest absolute Gasteiger partial charge is 0.262 e. The van der Waals surface area contributed by atoms with Crippen molar-refractivity contribution < 1.29 is 4.79 Å². The number of carbonyl (C=O) groups excluding carboxylic acids is 1. The van der Waals surface area contributed by atoms with Crippen molar-refractivity contribution in [3.8, 4) is 0 Å². The molecule has 1 aliphatic rings. The number of piperazine rings is 1. The fourth-order valence-corrected chi connectivity index (χ4v) is 3.81. The Labute approximate surface area is 122 Å². The van der Waals surface area contributed by atoms with Crippen molar-refractivity contribution in [3.63, 3.8) is 0 Å². The molecule has 2 N–H and O–H groups in total. The van der Waals surface area contributed by atoms with Crippen LogP contribution in [0.4, 0.5) is 0 Å². The largest absolute Gasteiger partial charge is 0.351 e. The summed E-state index contributed by atoms with van der Waals surface area (Å²) in [5.41, 5.74) is 0. The highest BCUT2D eigenvalue weighted by Gasteiger charge is 2.12. The Morgan fingerprint density at radius 1 is 1.53 bits per heavy atom. The van der Waals surface area contributed by atoms with E-state index < -0.39 is 0 Å². The van der Waals surface area contributed by atoms with Crippen LogP contribution in [-0.4, -0.2) is 56.3 Å². The van der Waals surface area contributed by atoms with Crippen molar-refractivity contribution in [2.24, 2.45) is 0 Å². The molecular formula is C13H21N3OS2. The van der Waals surface area contributed by atoms with E-state index in [-0.39, 0.29) is 5.91 Å². The molecule has 0 bridgehead atoms. The van der Waals surface area contributed by atoms with Crippen LogP contribution in [0.15, 0.2) is 16.3 Å². The lowest BCUT2D eigenvalue weighted by atomic mass is 10.3. The van der Waals surface area contributed by atoms with Gasteiger partial charge in [0.05, 0.1) is 0 Å². The van der Waals surface area contributed by atoms with Crippen molar-refractivity contribution in [1.29, 1.82) is 0 Å². The van der Waals surface area contributed by atoms with Gasteiger partial charge in [-0.3, -0.25) is 4.79 Å². The maximum atomic E-state index is 12.0. The summed E-state index contributed by atoms with van der Waals surface area (Å²) in [6.07, 6.45) is 3.02. The molecule has 1 aromatic rings. The molecule has 0 spiro atoms. The van der Waals surface area contributed by atoms with E-state index in [0.29, 0.717) is 0 Å². The molecular weight excluding hydrogens is 278 g/mol. The van der Waals surface area contributed by atoms with E-state index in [2.05, 4.69) is 15.5 Å². The molecule has 0 radical (unpaired) electrons. The molecule has 4 nitrogen and oxygen atoms in total. The summed E-state index contributed by atoms with van der Waals surface area (Å²) >= 11 is 3.14. The third kappa shape index (κ3) is 4.49. The lowest BCUT2D eigenvalue weighted by molar-refractivity contribution is 0.0952. The van der Waals surface area contributed by atoms with Crippen molar-refractivity contribution in [2.45, 2.75) is 11.3 Å². The molecule has 1 aromatic heterocycles. The maximum absolute atomic E-state index is 12.0. The third-order valence-electron chi connectivity index (χ3n) is 3.20. The monoisotopic (exact) mass is 299 g/mol. The summed E-state index contributed by atoms with van der Waals surface area (Å²) < 4.78 is 0. The van der Waals surface area contributed by atoms with Gasteiger partial charge < -0.3 is 15.5 Å². The summed E-state index contributed by atoms with van der Waals surface area (Å²) in [5, 5.41) is 8.33. The molecule has 0 unspecified atom stereocenters. The van der Waals surface area contributed by atoms with E-state index >= 15 is 0 Å². The zero-order chi connectivity index (χ0) is 13.5. The van der Waals surface area contributed by atoms with E-state index in [1.165, 1.54) is 11.3 Å². The molecule has 19 heavy (non-hydrogen) atoms. The molecule has 1 fully saturated rings. The number of thioether (sulfide) groups is 1. The van der Waals surface area contributed by atoms with Crippen molar-refractivity contribution in [2.75, 3.05) is 45.5 Å². The van der Waals surface area contributed by atoms with Gasteiger partial charge in [0.25, 0.3) is 5.91 Å². The van der Waals surface area contributed by atoms with Crippen molar-refractivity contribution in [1.82, 2.24) is 15.5 Å². The number of rotatable bonds is 6. The van der Waals surface area contributed by atoms with Crippen molar-refractivity contribution in [3.05, 3.63) is 16.3 Å². The number of carbonyl (C=O) groups is 1. The Bertz CT molecular complexity index is 402. The normalized spacial score (nSPS) is 16.5. The Balaban J connectivity index is 1.66. The molecule has 2 heterocycles. The van der Waals surface area contributed by atoms with E-state index in [4.69, 9.17) is 0 Å². The van der Waals surface area contributed by atoms with Gasteiger partial charge in [-0.25, -0.2) is 0 Å². The first kappa shape index (κ1) is 14.8. The molecule has 1 amide bonds. The van der Waals surface area contributed by atoms with E-state index in [1.54, 1.807) is 11.8 Å². The maximum Gasteiger partial charge on any atom is 0.262 e. The molecule has 0 aliphatic carbocycles. The van der Waals surface area contributed by atoms with Gasteiger partial charge >= 0.3 is 0 Å². The number of amides is 1. The molecule has 0 aromatic carbocycles. The fraction of sp³-hybridized carbons (Fsp3) is 0.615. The second kappa shape index (κ2) is 7.89. The number of thiophene rings is 1. The standard InChI is InChI=1S/C13H21N3OS2/c1-18-11-3-10-19-12(11)13(17)15-4-2-7-16-8-5-14-6-9-16/h3,10,14H,2,4-9H2,1H3,(H,15,17).